The molecule has 0 amide bonds. The van der Waals surface area contributed by atoms with Gasteiger partial charge in [-0.2, -0.15) is 0 Å². The molecule has 0 aromatic rings. The normalized spacial score (nSPS) is 19.1. The van der Waals surface area contributed by atoms with E-state index < -0.39 is 8.07 Å². The molecule has 1 heterocycles. The number of rotatable bonds is 6. The van der Waals surface area contributed by atoms with Gasteiger partial charge in [-0.05, 0) is 38.5 Å². The molecule has 1 saturated heterocycles. The summed E-state index contributed by atoms with van der Waals surface area (Å²) in [7, 11) is -1.08. The van der Waals surface area contributed by atoms with Crippen LogP contribution in [0.2, 0.25) is 18.1 Å². The molecule has 1 aliphatic heterocycles. The Balaban J connectivity index is 2.35. The minimum Gasteiger partial charge on any atom is -0.304 e. The predicted octanol–water partition coefficient (Wildman–Crippen LogP) is 3.69. The van der Waals surface area contributed by atoms with Crippen molar-refractivity contribution in [3.05, 3.63) is 12.3 Å². The summed E-state index contributed by atoms with van der Waals surface area (Å²) >= 11 is 0. The highest BCUT2D eigenvalue weighted by atomic mass is 28.3. The van der Waals surface area contributed by atoms with Gasteiger partial charge in [-0.25, -0.2) is 0 Å². The van der Waals surface area contributed by atoms with Crippen molar-refractivity contribution in [3.63, 3.8) is 0 Å². The highest BCUT2D eigenvalue weighted by Gasteiger charge is 2.25. The monoisotopic (exact) mass is 225 g/mol. The smallest absolute Gasteiger partial charge is 0.0777 e. The van der Waals surface area contributed by atoms with Crippen LogP contribution in [0.5, 0.6) is 0 Å². The van der Waals surface area contributed by atoms with Crippen molar-refractivity contribution in [2.75, 3.05) is 19.6 Å². The van der Waals surface area contributed by atoms with Crippen molar-refractivity contribution in [2.24, 2.45) is 0 Å². The summed E-state index contributed by atoms with van der Waals surface area (Å²) in [5.41, 5.74) is 2.33. The third-order valence-corrected chi connectivity index (χ3v) is 9.12. The molecule has 0 N–H and O–H groups in total. The van der Waals surface area contributed by atoms with Gasteiger partial charge in [-0.1, -0.05) is 32.4 Å². The molecule has 15 heavy (non-hydrogen) atoms. The van der Waals surface area contributed by atoms with E-state index in [2.05, 4.69) is 31.0 Å². The Kier molecular flexibility index (Phi) is 5.62. The van der Waals surface area contributed by atoms with E-state index in [0.717, 1.165) is 0 Å². The summed E-state index contributed by atoms with van der Waals surface area (Å²) in [6.45, 7) is 12.8. The van der Waals surface area contributed by atoms with Crippen LogP contribution in [0, 0.1) is 0 Å². The molecule has 0 saturated carbocycles. The Morgan fingerprint density at radius 3 is 2.20 bits per heavy atom. The highest BCUT2D eigenvalue weighted by molar-refractivity contribution is 6.84. The Bertz CT molecular complexity index is 181. The fourth-order valence-corrected chi connectivity index (χ4v) is 5.31. The van der Waals surface area contributed by atoms with E-state index in [4.69, 9.17) is 0 Å². The molecular formula is C13H27NSi. The quantitative estimate of drug-likeness (QED) is 0.623. The van der Waals surface area contributed by atoms with Crippen LogP contribution in [0.25, 0.3) is 0 Å². The SMILES string of the molecule is C=C[Si](CC)(CC)CCN1CCCCC1. The lowest BCUT2D eigenvalue weighted by Crippen LogP contribution is -2.38. The lowest BCUT2D eigenvalue weighted by molar-refractivity contribution is 0.239. The van der Waals surface area contributed by atoms with Crippen molar-refractivity contribution >= 4 is 8.07 Å². The molecule has 1 nitrogen and oxygen atoms in total. The van der Waals surface area contributed by atoms with Crippen molar-refractivity contribution in [1.82, 2.24) is 4.90 Å². The third-order valence-electron chi connectivity index (χ3n) is 4.22. The van der Waals surface area contributed by atoms with E-state index in [1.807, 2.05) is 0 Å². The van der Waals surface area contributed by atoms with Crippen LogP contribution in [-0.2, 0) is 0 Å². The lowest BCUT2D eigenvalue weighted by Gasteiger charge is -2.31. The van der Waals surface area contributed by atoms with E-state index in [0.29, 0.717) is 0 Å². The number of piperidine rings is 1. The third kappa shape index (κ3) is 3.76. The van der Waals surface area contributed by atoms with E-state index >= 15 is 0 Å². The zero-order valence-corrected chi connectivity index (χ0v) is 11.6. The topological polar surface area (TPSA) is 3.24 Å². The first kappa shape index (κ1) is 13.0. The molecular weight excluding hydrogens is 198 g/mol. The van der Waals surface area contributed by atoms with Crippen molar-refractivity contribution in [1.29, 1.82) is 0 Å². The van der Waals surface area contributed by atoms with Gasteiger partial charge in [0.15, 0.2) is 0 Å². The molecule has 1 aliphatic rings. The lowest BCUT2D eigenvalue weighted by atomic mass is 10.1. The molecule has 1 fully saturated rings. The largest absolute Gasteiger partial charge is 0.304 e. The van der Waals surface area contributed by atoms with Gasteiger partial charge < -0.3 is 4.90 Å². The number of hydrogen-bond acceptors (Lipinski definition) is 1. The summed E-state index contributed by atoms with van der Waals surface area (Å²) in [4.78, 5) is 2.67. The van der Waals surface area contributed by atoms with Crippen molar-refractivity contribution in [3.8, 4) is 0 Å². The summed E-state index contributed by atoms with van der Waals surface area (Å²) in [5.74, 6) is 0. The second-order valence-corrected chi connectivity index (χ2v) is 9.97. The minimum absolute atomic E-state index is 1.08. The maximum Gasteiger partial charge on any atom is 0.0777 e. The van der Waals surface area contributed by atoms with Gasteiger partial charge in [0.05, 0.1) is 8.07 Å². The Morgan fingerprint density at radius 2 is 1.73 bits per heavy atom. The fourth-order valence-electron chi connectivity index (χ4n) is 2.56. The van der Waals surface area contributed by atoms with Gasteiger partial charge in [-0.15, -0.1) is 12.3 Å². The molecule has 2 heteroatoms. The van der Waals surface area contributed by atoms with Crippen LogP contribution in [0.4, 0.5) is 0 Å². The van der Waals surface area contributed by atoms with Crippen LogP contribution in [-0.4, -0.2) is 32.6 Å². The molecule has 1 rings (SSSR count). The standard InChI is InChI=1S/C13H27NSi/c1-4-15(5-2,6-3)13-12-14-10-8-7-9-11-14/h4H,1,5-13H2,2-3H3. The van der Waals surface area contributed by atoms with Crippen LogP contribution >= 0.6 is 0 Å². The Morgan fingerprint density at radius 1 is 1.13 bits per heavy atom. The molecule has 0 aromatic carbocycles. The summed E-state index contributed by atoms with van der Waals surface area (Å²) in [6, 6.07) is 4.19. The number of nitrogens with zero attached hydrogens (tertiary/aromatic N) is 1. The van der Waals surface area contributed by atoms with Crippen LogP contribution in [0.3, 0.4) is 0 Å². The fraction of sp³-hybridized carbons (Fsp3) is 0.846. The first-order chi connectivity index (χ1) is 7.26. The molecule has 88 valence electrons. The average molecular weight is 225 g/mol. The molecule has 0 spiro atoms. The maximum absolute atomic E-state index is 4.08. The zero-order chi connectivity index (χ0) is 11.1. The van der Waals surface area contributed by atoms with E-state index in [1.165, 1.54) is 57.0 Å². The Labute approximate surface area is 96.6 Å². The average Bonchev–Trinajstić information content (AvgIpc) is 2.33. The van der Waals surface area contributed by atoms with Gasteiger partial charge in [0, 0.05) is 0 Å². The van der Waals surface area contributed by atoms with Gasteiger partial charge in [-0.3, -0.25) is 0 Å². The summed E-state index contributed by atoms with van der Waals surface area (Å²) in [6.07, 6.45) is 4.28. The Hall–Kier alpha value is -0.0831. The van der Waals surface area contributed by atoms with Gasteiger partial charge in [0.25, 0.3) is 0 Å². The van der Waals surface area contributed by atoms with Gasteiger partial charge >= 0.3 is 0 Å². The van der Waals surface area contributed by atoms with Crippen LogP contribution in [0.15, 0.2) is 12.3 Å². The van der Waals surface area contributed by atoms with Gasteiger partial charge in [0.2, 0.25) is 0 Å². The molecule has 0 aromatic heterocycles. The van der Waals surface area contributed by atoms with Gasteiger partial charge in [0.1, 0.15) is 0 Å². The zero-order valence-electron chi connectivity index (χ0n) is 10.6. The molecule has 0 radical (unpaired) electrons. The van der Waals surface area contributed by atoms with E-state index in [9.17, 15) is 0 Å². The van der Waals surface area contributed by atoms with E-state index in [-0.39, 0.29) is 0 Å². The second-order valence-electron chi connectivity index (χ2n) is 4.93. The highest BCUT2D eigenvalue weighted by Crippen LogP contribution is 2.22. The van der Waals surface area contributed by atoms with Crippen LogP contribution < -0.4 is 0 Å². The number of likely N-dealkylation sites (tertiary alicyclic amines) is 1. The number of hydrogen-bond donors (Lipinski definition) is 0. The predicted molar refractivity (Wildman–Crippen MR) is 72.0 cm³/mol. The van der Waals surface area contributed by atoms with Crippen molar-refractivity contribution < 1.29 is 0 Å². The second kappa shape index (κ2) is 6.49. The van der Waals surface area contributed by atoms with Crippen molar-refractivity contribution in [2.45, 2.75) is 51.2 Å². The first-order valence-electron chi connectivity index (χ1n) is 6.62. The minimum atomic E-state index is -1.08. The maximum atomic E-state index is 4.08. The molecule has 0 unspecified atom stereocenters. The summed E-state index contributed by atoms with van der Waals surface area (Å²) < 4.78 is 0. The molecule has 0 aliphatic carbocycles. The summed E-state index contributed by atoms with van der Waals surface area (Å²) in [5, 5.41) is 0. The molecule has 0 atom stereocenters. The van der Waals surface area contributed by atoms with Crippen LogP contribution in [0.1, 0.15) is 33.1 Å². The molecule has 0 bridgehead atoms. The van der Waals surface area contributed by atoms with E-state index in [1.54, 1.807) is 0 Å². The first-order valence-corrected chi connectivity index (χ1v) is 9.32.